The van der Waals surface area contributed by atoms with Gasteiger partial charge in [0.1, 0.15) is 0 Å². The molecule has 2 unspecified atom stereocenters. The maximum absolute atomic E-state index is 11.7. The van der Waals surface area contributed by atoms with Crippen molar-refractivity contribution in [3.63, 3.8) is 0 Å². The number of pyridine rings is 1. The van der Waals surface area contributed by atoms with Crippen LogP contribution in [-0.2, 0) is 10.2 Å². The van der Waals surface area contributed by atoms with Gasteiger partial charge in [0.15, 0.2) is 0 Å². The summed E-state index contributed by atoms with van der Waals surface area (Å²) in [6, 6.07) is 4.30. The van der Waals surface area contributed by atoms with E-state index < -0.39 is 11.5 Å². The maximum Gasteiger partial charge on any atom is 0.414 e. The van der Waals surface area contributed by atoms with E-state index in [2.05, 4.69) is 33.6 Å². The van der Waals surface area contributed by atoms with E-state index in [1.807, 2.05) is 6.07 Å². The fourth-order valence-corrected chi connectivity index (χ4v) is 3.12. The summed E-state index contributed by atoms with van der Waals surface area (Å²) in [5, 5.41) is 9.66. The number of hydrogen-bond donors (Lipinski definition) is 0. The molecular formula is C15H16BrN3O2. The number of nitrogens with zero attached hydrogens (tertiary/aromatic N) is 3. The van der Waals surface area contributed by atoms with Gasteiger partial charge < -0.3 is 9.64 Å². The summed E-state index contributed by atoms with van der Waals surface area (Å²) in [7, 11) is 1.68. The van der Waals surface area contributed by atoms with Gasteiger partial charge >= 0.3 is 6.09 Å². The Kier molecular flexibility index (Phi) is 4.63. The first-order valence-electron chi connectivity index (χ1n) is 6.59. The highest BCUT2D eigenvalue weighted by molar-refractivity contribution is 9.10. The Morgan fingerprint density at radius 2 is 2.48 bits per heavy atom. The van der Waals surface area contributed by atoms with E-state index in [-0.39, 0.29) is 6.04 Å². The molecule has 1 amide bonds. The Balaban J connectivity index is 2.20. The SMILES string of the molecule is C=COC(=O)N(C)C1CCC(C#N)(c2cncc(Br)c2)C1. The summed E-state index contributed by atoms with van der Waals surface area (Å²) >= 11 is 3.38. The van der Waals surface area contributed by atoms with Gasteiger partial charge in [-0.25, -0.2) is 4.79 Å². The molecule has 0 aliphatic heterocycles. The molecule has 0 radical (unpaired) electrons. The zero-order valence-electron chi connectivity index (χ0n) is 11.8. The van der Waals surface area contributed by atoms with Crippen LogP contribution in [0.3, 0.4) is 0 Å². The standard InChI is InChI=1S/C15H16BrN3O2/c1-3-21-14(20)19(2)13-4-5-15(7-13,10-17)11-6-12(16)9-18-8-11/h3,6,8-9,13H,1,4-5,7H2,2H3. The van der Waals surface area contributed by atoms with Crippen LogP contribution < -0.4 is 0 Å². The van der Waals surface area contributed by atoms with Gasteiger partial charge in [-0.3, -0.25) is 4.98 Å². The van der Waals surface area contributed by atoms with Crippen LogP contribution in [0.5, 0.6) is 0 Å². The van der Waals surface area contributed by atoms with Crippen LogP contribution in [-0.4, -0.2) is 29.1 Å². The van der Waals surface area contributed by atoms with Gasteiger partial charge in [0.2, 0.25) is 0 Å². The van der Waals surface area contributed by atoms with E-state index in [4.69, 9.17) is 4.74 Å². The molecule has 2 rings (SSSR count). The number of rotatable bonds is 3. The van der Waals surface area contributed by atoms with E-state index >= 15 is 0 Å². The second-order valence-corrected chi connectivity index (χ2v) is 6.06. The van der Waals surface area contributed by atoms with Crippen LogP contribution in [0.15, 0.2) is 35.8 Å². The molecule has 1 aromatic rings. The molecule has 0 N–H and O–H groups in total. The lowest BCUT2D eigenvalue weighted by Gasteiger charge is -2.25. The first-order valence-corrected chi connectivity index (χ1v) is 7.38. The first kappa shape index (κ1) is 15.5. The molecule has 1 fully saturated rings. The molecule has 1 aliphatic rings. The summed E-state index contributed by atoms with van der Waals surface area (Å²) in [5.41, 5.74) is 0.275. The number of carbonyl (C=O) groups is 1. The van der Waals surface area contributed by atoms with Gasteiger partial charge in [-0.05, 0) is 46.8 Å². The van der Waals surface area contributed by atoms with Crippen LogP contribution in [0.2, 0.25) is 0 Å². The minimum absolute atomic E-state index is 0.0314. The predicted octanol–water partition coefficient (Wildman–Crippen LogP) is 3.37. The molecule has 21 heavy (non-hydrogen) atoms. The third-order valence-electron chi connectivity index (χ3n) is 3.98. The van der Waals surface area contributed by atoms with E-state index in [9.17, 15) is 10.1 Å². The quantitative estimate of drug-likeness (QED) is 0.784. The van der Waals surface area contributed by atoms with E-state index in [0.29, 0.717) is 12.8 Å². The fraction of sp³-hybridized carbons (Fsp3) is 0.400. The molecule has 1 saturated carbocycles. The van der Waals surface area contributed by atoms with Crippen LogP contribution in [0.25, 0.3) is 0 Å². The summed E-state index contributed by atoms with van der Waals surface area (Å²) in [6.07, 6.45) is 6.10. The van der Waals surface area contributed by atoms with Crippen molar-refractivity contribution in [1.82, 2.24) is 9.88 Å². The lowest BCUT2D eigenvalue weighted by atomic mass is 9.81. The molecule has 110 valence electrons. The zero-order chi connectivity index (χ0) is 15.5. The zero-order valence-corrected chi connectivity index (χ0v) is 13.3. The van der Waals surface area contributed by atoms with Crippen LogP contribution in [0.4, 0.5) is 4.79 Å². The van der Waals surface area contributed by atoms with Crippen molar-refractivity contribution in [3.05, 3.63) is 41.3 Å². The fourth-order valence-electron chi connectivity index (χ4n) is 2.76. The summed E-state index contributed by atoms with van der Waals surface area (Å²) in [6.45, 7) is 3.38. The second-order valence-electron chi connectivity index (χ2n) is 5.14. The van der Waals surface area contributed by atoms with Crippen LogP contribution in [0, 0.1) is 11.3 Å². The lowest BCUT2D eigenvalue weighted by molar-refractivity contribution is 0.130. The summed E-state index contributed by atoms with van der Waals surface area (Å²) in [5.74, 6) is 0. The number of hydrogen-bond acceptors (Lipinski definition) is 4. The monoisotopic (exact) mass is 349 g/mol. The molecule has 5 nitrogen and oxygen atoms in total. The molecule has 1 heterocycles. The third-order valence-corrected chi connectivity index (χ3v) is 4.41. The molecule has 2 atom stereocenters. The van der Waals surface area contributed by atoms with Crippen molar-refractivity contribution in [1.29, 1.82) is 5.26 Å². The average molecular weight is 350 g/mol. The Morgan fingerprint density at radius 3 is 3.10 bits per heavy atom. The largest absolute Gasteiger partial charge is 0.419 e. The normalized spacial score (nSPS) is 24.1. The maximum atomic E-state index is 11.7. The minimum atomic E-state index is -0.607. The molecule has 0 spiro atoms. The van der Waals surface area contributed by atoms with Gasteiger partial charge in [-0.15, -0.1) is 0 Å². The van der Waals surface area contributed by atoms with Gasteiger partial charge in [0, 0.05) is 30.0 Å². The topological polar surface area (TPSA) is 66.2 Å². The molecule has 1 aromatic heterocycles. The number of carbonyl (C=O) groups excluding carboxylic acids is 1. The molecular weight excluding hydrogens is 334 g/mol. The molecule has 0 saturated heterocycles. The average Bonchev–Trinajstić information content (AvgIpc) is 2.92. The summed E-state index contributed by atoms with van der Waals surface area (Å²) in [4.78, 5) is 17.4. The third kappa shape index (κ3) is 3.08. The van der Waals surface area contributed by atoms with Crippen molar-refractivity contribution < 1.29 is 9.53 Å². The number of ether oxygens (including phenoxy) is 1. The Labute approximate surface area is 132 Å². The number of aromatic nitrogens is 1. The van der Waals surface area contributed by atoms with Gasteiger partial charge in [0.25, 0.3) is 0 Å². The van der Waals surface area contributed by atoms with Gasteiger partial charge in [0.05, 0.1) is 17.7 Å². The Bertz CT molecular complexity index is 599. The van der Waals surface area contributed by atoms with Gasteiger partial charge in [-0.1, -0.05) is 6.58 Å². The minimum Gasteiger partial charge on any atom is -0.419 e. The second kappa shape index (κ2) is 6.27. The van der Waals surface area contributed by atoms with Crippen molar-refractivity contribution in [3.8, 4) is 6.07 Å². The highest BCUT2D eigenvalue weighted by atomic mass is 79.9. The number of halogens is 1. The number of amides is 1. The van der Waals surface area contributed by atoms with Crippen molar-refractivity contribution in [2.75, 3.05) is 7.05 Å². The van der Waals surface area contributed by atoms with E-state index in [1.54, 1.807) is 19.4 Å². The lowest BCUT2D eigenvalue weighted by Crippen LogP contribution is -2.36. The van der Waals surface area contributed by atoms with Crippen molar-refractivity contribution >= 4 is 22.0 Å². The Hall–Kier alpha value is -1.87. The van der Waals surface area contributed by atoms with Crippen LogP contribution in [0.1, 0.15) is 24.8 Å². The molecule has 0 bridgehead atoms. The highest BCUT2D eigenvalue weighted by Crippen LogP contribution is 2.42. The van der Waals surface area contributed by atoms with Crippen molar-refractivity contribution in [2.45, 2.75) is 30.7 Å². The molecule has 6 heteroatoms. The Morgan fingerprint density at radius 1 is 1.71 bits per heavy atom. The smallest absolute Gasteiger partial charge is 0.414 e. The molecule has 0 aromatic carbocycles. The van der Waals surface area contributed by atoms with E-state index in [1.165, 1.54) is 4.90 Å². The summed E-state index contributed by atoms with van der Waals surface area (Å²) < 4.78 is 5.64. The molecule has 1 aliphatic carbocycles. The number of nitriles is 1. The van der Waals surface area contributed by atoms with Crippen molar-refractivity contribution in [2.24, 2.45) is 0 Å². The predicted molar refractivity (Wildman–Crippen MR) is 81.3 cm³/mol. The van der Waals surface area contributed by atoms with Crippen LogP contribution >= 0.6 is 15.9 Å². The highest BCUT2D eigenvalue weighted by Gasteiger charge is 2.43. The van der Waals surface area contributed by atoms with Gasteiger partial charge in [-0.2, -0.15) is 5.26 Å². The van der Waals surface area contributed by atoms with E-state index in [0.717, 1.165) is 22.7 Å². The first-order chi connectivity index (χ1) is 10.0.